The van der Waals surface area contributed by atoms with Crippen molar-refractivity contribution in [3.63, 3.8) is 0 Å². The number of carbonyl (C=O) groups excluding carboxylic acids is 2. The molecule has 0 aromatic carbocycles. The molecule has 0 aliphatic rings. The highest BCUT2D eigenvalue weighted by Crippen LogP contribution is 2.06. The van der Waals surface area contributed by atoms with Crippen molar-refractivity contribution in [3.8, 4) is 0 Å². The number of hydrogen-bond acceptors (Lipinski definition) is 14. The molecular weight excluding hydrogens is 452 g/mol. The smallest absolute Gasteiger partial charge is 0.238 e. The second kappa shape index (κ2) is 16.1. The zero-order chi connectivity index (χ0) is 25.7. The summed E-state index contributed by atoms with van der Waals surface area (Å²) in [6.45, 7) is -2.77. The Bertz CT molecular complexity index is 574. The molecule has 0 radical (unpaired) electrons. The van der Waals surface area contributed by atoms with Crippen molar-refractivity contribution in [1.29, 1.82) is 0 Å². The maximum atomic E-state index is 12.1. The average Bonchev–Trinajstić information content (AvgIpc) is 2.82. The molecule has 16 nitrogen and oxygen atoms in total. The van der Waals surface area contributed by atoms with Crippen molar-refractivity contribution >= 4 is 11.8 Å². The van der Waals surface area contributed by atoms with Gasteiger partial charge in [0.2, 0.25) is 11.8 Å². The summed E-state index contributed by atoms with van der Waals surface area (Å²) in [6, 6.07) is -1.12. The van der Waals surface area contributed by atoms with Crippen molar-refractivity contribution < 1.29 is 60.7 Å². The summed E-state index contributed by atoms with van der Waals surface area (Å²) in [5, 5.41) is 98.4. The standard InChI is InChI=1S/C17H36N4O12/c18-21-7(17(33)20-4-9(25)14(30)16(32)11(27)6-23)1-2-12(28)19-3-8(24)13(29)15(31)10(26)5-22/h7-11,13-16,21-27,29-32H,1-6,18H2,(H,19,28)(H,20,33). The molecule has 0 saturated carbocycles. The first-order valence-corrected chi connectivity index (χ1v) is 10.1. The lowest BCUT2D eigenvalue weighted by Crippen LogP contribution is -2.53. The van der Waals surface area contributed by atoms with E-state index < -0.39 is 93.0 Å². The first-order valence-electron chi connectivity index (χ1n) is 10.1. The van der Waals surface area contributed by atoms with Crippen molar-refractivity contribution in [3.05, 3.63) is 0 Å². The molecule has 0 saturated heterocycles. The molecule has 0 fully saturated rings. The molecule has 9 atom stereocenters. The van der Waals surface area contributed by atoms with E-state index in [4.69, 9.17) is 16.1 Å². The van der Waals surface area contributed by atoms with E-state index >= 15 is 0 Å². The third kappa shape index (κ3) is 11.0. The molecule has 0 aromatic rings. The zero-order valence-corrected chi connectivity index (χ0v) is 17.8. The van der Waals surface area contributed by atoms with Gasteiger partial charge in [-0.2, -0.15) is 0 Å². The number of rotatable bonds is 17. The van der Waals surface area contributed by atoms with E-state index in [1.165, 1.54) is 0 Å². The summed E-state index contributed by atoms with van der Waals surface area (Å²) in [7, 11) is 0. The van der Waals surface area contributed by atoms with Gasteiger partial charge in [-0.25, -0.2) is 5.43 Å². The molecule has 0 spiro atoms. The Morgan fingerprint density at radius 2 is 1.06 bits per heavy atom. The predicted molar refractivity (Wildman–Crippen MR) is 109 cm³/mol. The van der Waals surface area contributed by atoms with E-state index in [1.807, 2.05) is 0 Å². The number of carbonyl (C=O) groups is 2. The van der Waals surface area contributed by atoms with Crippen LogP contribution in [0.1, 0.15) is 12.8 Å². The summed E-state index contributed by atoms with van der Waals surface area (Å²) in [6.07, 6.45) is -14.6. The van der Waals surface area contributed by atoms with Crippen molar-refractivity contribution in [2.24, 2.45) is 5.84 Å². The van der Waals surface area contributed by atoms with Crippen LogP contribution in [-0.4, -0.2) is 144 Å². The molecule has 0 aromatic heterocycles. The highest BCUT2D eigenvalue weighted by molar-refractivity contribution is 5.83. The van der Waals surface area contributed by atoms with Gasteiger partial charge in [0.1, 0.15) is 42.7 Å². The van der Waals surface area contributed by atoms with Crippen LogP contribution in [0.15, 0.2) is 0 Å². The van der Waals surface area contributed by atoms with Crippen molar-refractivity contribution in [2.45, 2.75) is 67.7 Å². The molecule has 9 unspecified atom stereocenters. The molecule has 0 aliphatic carbocycles. The molecule has 0 aliphatic heterocycles. The third-order valence-corrected chi connectivity index (χ3v) is 4.82. The number of hydrogen-bond donors (Lipinski definition) is 14. The lowest BCUT2D eigenvalue weighted by atomic mass is 10.0. The largest absolute Gasteiger partial charge is 0.394 e. The predicted octanol–water partition coefficient (Wildman–Crippen LogP) is -8.30. The molecule has 15 N–H and O–H groups in total. The fourth-order valence-electron chi connectivity index (χ4n) is 2.57. The van der Waals surface area contributed by atoms with E-state index in [0.717, 1.165) is 0 Å². The maximum absolute atomic E-state index is 12.1. The van der Waals surface area contributed by atoms with Crippen LogP contribution in [-0.2, 0) is 9.59 Å². The Hall–Kier alpha value is -1.54. The van der Waals surface area contributed by atoms with Crippen LogP contribution in [0, 0.1) is 0 Å². The van der Waals surface area contributed by atoms with Crippen LogP contribution < -0.4 is 21.9 Å². The van der Waals surface area contributed by atoms with Crippen LogP contribution in [0.25, 0.3) is 0 Å². The number of aliphatic hydroxyl groups excluding tert-OH is 10. The minimum Gasteiger partial charge on any atom is -0.394 e. The number of aliphatic hydroxyl groups is 10. The lowest BCUT2D eigenvalue weighted by Gasteiger charge is -2.26. The monoisotopic (exact) mass is 488 g/mol. The summed E-state index contributed by atoms with van der Waals surface area (Å²) in [5.41, 5.74) is 2.14. The minimum absolute atomic E-state index is 0.150. The van der Waals surface area contributed by atoms with E-state index in [0.29, 0.717) is 0 Å². The number of amides is 2. The van der Waals surface area contributed by atoms with Gasteiger partial charge in [0, 0.05) is 19.5 Å². The Kier molecular flexibility index (Phi) is 15.4. The Labute approximate surface area is 189 Å². The van der Waals surface area contributed by atoms with Crippen LogP contribution >= 0.6 is 0 Å². The fraction of sp³-hybridized carbons (Fsp3) is 0.882. The summed E-state index contributed by atoms with van der Waals surface area (Å²) < 4.78 is 0. The Morgan fingerprint density at radius 3 is 1.45 bits per heavy atom. The van der Waals surface area contributed by atoms with Crippen LogP contribution in [0.4, 0.5) is 0 Å². The molecule has 0 rings (SSSR count). The summed E-state index contributed by atoms with van der Waals surface area (Å²) >= 11 is 0. The minimum atomic E-state index is -1.87. The second-order valence-electron chi connectivity index (χ2n) is 7.40. The average molecular weight is 488 g/mol. The van der Waals surface area contributed by atoms with Crippen LogP contribution in [0.2, 0.25) is 0 Å². The van der Waals surface area contributed by atoms with Gasteiger partial charge in [-0.05, 0) is 6.42 Å². The normalized spacial score (nSPS) is 20.0. The summed E-state index contributed by atoms with van der Waals surface area (Å²) in [5.74, 6) is 3.83. The van der Waals surface area contributed by atoms with Gasteiger partial charge in [0.15, 0.2) is 0 Å². The van der Waals surface area contributed by atoms with Crippen LogP contribution in [0.3, 0.4) is 0 Å². The van der Waals surface area contributed by atoms with E-state index in [2.05, 4.69) is 16.1 Å². The fourth-order valence-corrected chi connectivity index (χ4v) is 2.57. The van der Waals surface area contributed by atoms with Gasteiger partial charge in [-0.1, -0.05) is 0 Å². The highest BCUT2D eigenvalue weighted by atomic mass is 16.4. The molecule has 16 heteroatoms. The summed E-state index contributed by atoms with van der Waals surface area (Å²) in [4.78, 5) is 24.0. The second-order valence-corrected chi connectivity index (χ2v) is 7.40. The topological polar surface area (TPSA) is 299 Å². The van der Waals surface area contributed by atoms with Gasteiger partial charge < -0.3 is 61.7 Å². The third-order valence-electron chi connectivity index (χ3n) is 4.82. The quantitative estimate of drug-likeness (QED) is 0.0668. The number of nitrogens with two attached hydrogens (primary N) is 1. The van der Waals surface area contributed by atoms with E-state index in [-0.39, 0.29) is 12.8 Å². The maximum Gasteiger partial charge on any atom is 0.238 e. The Balaban J connectivity index is 4.47. The SMILES string of the molecule is NNC(CCC(=O)NCC(O)C(O)C(O)C(O)CO)C(=O)NCC(O)C(O)C(O)C(O)CO. The van der Waals surface area contributed by atoms with Gasteiger partial charge in [-0.3, -0.25) is 15.4 Å². The van der Waals surface area contributed by atoms with E-state index in [1.54, 1.807) is 0 Å². The van der Waals surface area contributed by atoms with Gasteiger partial charge >= 0.3 is 0 Å². The van der Waals surface area contributed by atoms with Crippen molar-refractivity contribution in [1.82, 2.24) is 16.1 Å². The Morgan fingerprint density at radius 1 is 0.667 bits per heavy atom. The molecule has 196 valence electrons. The lowest BCUT2D eigenvalue weighted by molar-refractivity contribution is -0.128. The molecule has 0 bridgehead atoms. The highest BCUT2D eigenvalue weighted by Gasteiger charge is 2.31. The van der Waals surface area contributed by atoms with E-state index in [9.17, 15) is 50.4 Å². The van der Waals surface area contributed by atoms with Crippen LogP contribution in [0.5, 0.6) is 0 Å². The zero-order valence-electron chi connectivity index (χ0n) is 17.8. The molecule has 2 amide bonds. The number of nitrogens with one attached hydrogen (secondary N) is 3. The first kappa shape index (κ1) is 31.5. The first-order chi connectivity index (χ1) is 15.4. The van der Waals surface area contributed by atoms with Crippen molar-refractivity contribution in [2.75, 3.05) is 26.3 Å². The number of hydrazine groups is 1. The van der Waals surface area contributed by atoms with Gasteiger partial charge in [0.25, 0.3) is 0 Å². The molecule has 0 heterocycles. The molecular formula is C17H36N4O12. The van der Waals surface area contributed by atoms with Gasteiger partial charge in [-0.15, -0.1) is 0 Å². The molecule has 33 heavy (non-hydrogen) atoms. The van der Waals surface area contributed by atoms with Gasteiger partial charge in [0.05, 0.1) is 25.4 Å².